The fourth-order valence-electron chi connectivity index (χ4n) is 4.59. The first-order valence-corrected chi connectivity index (χ1v) is 10.2. The van der Waals surface area contributed by atoms with Crippen molar-refractivity contribution in [2.24, 2.45) is 0 Å². The first kappa shape index (κ1) is 21.2. The van der Waals surface area contributed by atoms with E-state index in [1.807, 2.05) is 59.5 Å². The Labute approximate surface area is 174 Å². The van der Waals surface area contributed by atoms with Gasteiger partial charge in [-0.3, -0.25) is 0 Å². The Bertz CT molecular complexity index is 817. The van der Waals surface area contributed by atoms with Crippen LogP contribution < -0.4 is 15.4 Å². The van der Waals surface area contributed by atoms with Crippen LogP contribution in [-0.4, -0.2) is 35.2 Å². The zero-order valence-electron chi connectivity index (χ0n) is 18.2. The Morgan fingerprint density at radius 1 is 1.03 bits per heavy atom. The molecule has 5 heteroatoms. The molecule has 3 rings (SSSR count). The van der Waals surface area contributed by atoms with Gasteiger partial charge < -0.3 is 20.3 Å². The summed E-state index contributed by atoms with van der Waals surface area (Å²) in [7, 11) is 1.67. The van der Waals surface area contributed by atoms with Crippen molar-refractivity contribution in [3.8, 4) is 5.75 Å². The molecule has 2 aromatic rings. The number of nitrogens with zero attached hydrogens (tertiary/aromatic N) is 1. The molecular formula is C24H33N3O2. The van der Waals surface area contributed by atoms with E-state index in [-0.39, 0.29) is 23.2 Å². The highest BCUT2D eigenvalue weighted by Gasteiger charge is 2.41. The number of amides is 2. The van der Waals surface area contributed by atoms with E-state index in [0.29, 0.717) is 6.54 Å². The van der Waals surface area contributed by atoms with Crippen molar-refractivity contribution >= 4 is 11.7 Å². The van der Waals surface area contributed by atoms with E-state index in [2.05, 4.69) is 38.3 Å². The monoisotopic (exact) mass is 395 g/mol. The number of methoxy groups -OCH3 is 1. The van der Waals surface area contributed by atoms with Crippen LogP contribution in [0.1, 0.15) is 46.1 Å². The Morgan fingerprint density at radius 3 is 2.24 bits per heavy atom. The van der Waals surface area contributed by atoms with Gasteiger partial charge in [0, 0.05) is 28.4 Å². The quantitative estimate of drug-likeness (QED) is 0.746. The number of para-hydroxylation sites is 2. The van der Waals surface area contributed by atoms with Gasteiger partial charge in [0.1, 0.15) is 5.75 Å². The number of nitrogens with one attached hydrogen (secondary N) is 2. The third kappa shape index (κ3) is 5.51. The first-order chi connectivity index (χ1) is 13.7. The number of rotatable bonds is 5. The second-order valence-corrected chi connectivity index (χ2v) is 9.19. The van der Waals surface area contributed by atoms with Crippen LogP contribution in [0.5, 0.6) is 5.75 Å². The number of urea groups is 1. The number of carbonyl (C=O) groups excluding carboxylic acids is 1. The molecule has 0 aliphatic carbocycles. The van der Waals surface area contributed by atoms with Crippen LogP contribution >= 0.6 is 0 Å². The van der Waals surface area contributed by atoms with E-state index in [1.54, 1.807) is 7.11 Å². The van der Waals surface area contributed by atoms with Crippen LogP contribution in [0.2, 0.25) is 0 Å². The molecule has 0 spiro atoms. The van der Waals surface area contributed by atoms with E-state index < -0.39 is 0 Å². The number of piperidine rings is 1. The van der Waals surface area contributed by atoms with E-state index in [0.717, 1.165) is 29.8 Å². The summed E-state index contributed by atoms with van der Waals surface area (Å²) in [6, 6.07) is 17.6. The summed E-state index contributed by atoms with van der Waals surface area (Å²) in [6.45, 7) is 9.32. The number of carbonyl (C=O) groups is 1. The molecule has 2 aromatic carbocycles. The van der Waals surface area contributed by atoms with Crippen molar-refractivity contribution in [1.82, 2.24) is 10.2 Å². The zero-order chi connectivity index (χ0) is 21.1. The molecule has 0 saturated carbocycles. The van der Waals surface area contributed by atoms with Crippen LogP contribution in [-0.2, 0) is 6.54 Å². The van der Waals surface area contributed by atoms with E-state index in [1.165, 1.54) is 0 Å². The average molecular weight is 396 g/mol. The number of hydrogen-bond acceptors (Lipinski definition) is 3. The third-order valence-electron chi connectivity index (χ3n) is 5.43. The summed E-state index contributed by atoms with van der Waals surface area (Å²) in [5.74, 6) is 0.803. The molecule has 1 saturated heterocycles. The number of hydrogen-bond donors (Lipinski definition) is 2. The smallest absolute Gasteiger partial charge is 0.322 e. The molecule has 0 bridgehead atoms. The van der Waals surface area contributed by atoms with Crippen molar-refractivity contribution in [3.05, 3.63) is 60.2 Å². The van der Waals surface area contributed by atoms with Crippen LogP contribution in [0.4, 0.5) is 10.5 Å². The highest BCUT2D eigenvalue weighted by atomic mass is 16.5. The lowest BCUT2D eigenvalue weighted by atomic mass is 9.79. The minimum absolute atomic E-state index is 0.0571. The SMILES string of the molecule is COc1ccccc1CN(C(=O)Nc1ccccc1)C1CC(C)(C)NC(C)(C)C1. The second-order valence-electron chi connectivity index (χ2n) is 9.19. The molecule has 1 aliphatic heterocycles. The first-order valence-electron chi connectivity index (χ1n) is 10.2. The van der Waals surface area contributed by atoms with Gasteiger partial charge in [-0.25, -0.2) is 4.79 Å². The van der Waals surface area contributed by atoms with E-state index in [9.17, 15) is 4.79 Å². The lowest BCUT2D eigenvalue weighted by Gasteiger charge is -2.49. The van der Waals surface area contributed by atoms with E-state index in [4.69, 9.17) is 4.74 Å². The van der Waals surface area contributed by atoms with Crippen molar-refractivity contribution < 1.29 is 9.53 Å². The molecule has 1 aliphatic rings. The highest BCUT2D eigenvalue weighted by molar-refractivity contribution is 5.89. The molecule has 0 aromatic heterocycles. The van der Waals surface area contributed by atoms with Crippen LogP contribution in [0.3, 0.4) is 0 Å². The summed E-state index contributed by atoms with van der Waals surface area (Å²) >= 11 is 0. The second kappa shape index (κ2) is 8.46. The summed E-state index contributed by atoms with van der Waals surface area (Å²) in [6.07, 6.45) is 1.77. The summed E-state index contributed by atoms with van der Waals surface area (Å²) < 4.78 is 5.54. The van der Waals surface area contributed by atoms with Gasteiger partial charge in [-0.05, 0) is 58.7 Å². The third-order valence-corrected chi connectivity index (χ3v) is 5.43. The number of benzene rings is 2. The number of anilines is 1. The van der Waals surface area contributed by atoms with Gasteiger partial charge in [-0.15, -0.1) is 0 Å². The normalized spacial score (nSPS) is 18.1. The fourth-order valence-corrected chi connectivity index (χ4v) is 4.59. The molecule has 1 heterocycles. The van der Waals surface area contributed by atoms with Gasteiger partial charge in [0.05, 0.1) is 13.7 Å². The van der Waals surface area contributed by atoms with Gasteiger partial charge in [-0.2, -0.15) is 0 Å². The molecule has 1 fully saturated rings. The van der Waals surface area contributed by atoms with Crippen LogP contribution in [0, 0.1) is 0 Å². The van der Waals surface area contributed by atoms with Crippen molar-refractivity contribution in [2.75, 3.05) is 12.4 Å². The molecule has 29 heavy (non-hydrogen) atoms. The Balaban J connectivity index is 1.91. The standard InChI is InChI=1S/C24H33N3O2/c1-23(2)15-20(16-24(3,4)26-23)27(17-18-11-9-10-14-21(18)29-5)22(28)25-19-12-7-6-8-13-19/h6-14,20,26H,15-17H2,1-5H3,(H,25,28). The van der Waals surface area contributed by atoms with Crippen LogP contribution in [0.15, 0.2) is 54.6 Å². The van der Waals surface area contributed by atoms with Gasteiger partial charge >= 0.3 is 6.03 Å². The highest BCUT2D eigenvalue weighted by Crippen LogP contribution is 2.33. The van der Waals surface area contributed by atoms with Crippen LogP contribution in [0.25, 0.3) is 0 Å². The minimum atomic E-state index is -0.0828. The lowest BCUT2D eigenvalue weighted by molar-refractivity contribution is 0.0832. The Hall–Kier alpha value is -2.53. The van der Waals surface area contributed by atoms with Crippen molar-refractivity contribution in [3.63, 3.8) is 0 Å². The Kier molecular flexibility index (Phi) is 6.18. The minimum Gasteiger partial charge on any atom is -0.496 e. The predicted octanol–water partition coefficient (Wildman–Crippen LogP) is 5.04. The van der Waals surface area contributed by atoms with Crippen molar-refractivity contribution in [1.29, 1.82) is 0 Å². The van der Waals surface area contributed by atoms with E-state index >= 15 is 0 Å². The summed E-state index contributed by atoms with van der Waals surface area (Å²) in [4.78, 5) is 15.4. The Morgan fingerprint density at radius 2 is 1.62 bits per heavy atom. The average Bonchev–Trinajstić information content (AvgIpc) is 2.64. The van der Waals surface area contributed by atoms with Gasteiger partial charge in [0.15, 0.2) is 0 Å². The predicted molar refractivity (Wildman–Crippen MR) is 118 cm³/mol. The molecule has 156 valence electrons. The lowest BCUT2D eigenvalue weighted by Crippen LogP contribution is -2.63. The largest absolute Gasteiger partial charge is 0.496 e. The molecule has 0 atom stereocenters. The topological polar surface area (TPSA) is 53.6 Å². The molecule has 2 amide bonds. The van der Waals surface area contributed by atoms with Crippen molar-refractivity contribution in [2.45, 2.75) is 64.2 Å². The van der Waals surface area contributed by atoms with Gasteiger partial charge in [0.25, 0.3) is 0 Å². The zero-order valence-corrected chi connectivity index (χ0v) is 18.2. The molecule has 5 nitrogen and oxygen atoms in total. The summed E-state index contributed by atoms with van der Waals surface area (Å²) in [5, 5.41) is 6.79. The fraction of sp³-hybridized carbons (Fsp3) is 0.458. The molecule has 0 radical (unpaired) electrons. The number of ether oxygens (including phenoxy) is 1. The van der Waals surface area contributed by atoms with Gasteiger partial charge in [0.2, 0.25) is 0 Å². The maximum Gasteiger partial charge on any atom is 0.322 e. The molecule has 2 N–H and O–H groups in total. The molecular weight excluding hydrogens is 362 g/mol. The maximum atomic E-state index is 13.4. The summed E-state index contributed by atoms with van der Waals surface area (Å²) in [5.41, 5.74) is 1.69. The maximum absolute atomic E-state index is 13.4. The van der Waals surface area contributed by atoms with Gasteiger partial charge in [-0.1, -0.05) is 36.4 Å². The molecule has 0 unspecified atom stereocenters.